The summed E-state index contributed by atoms with van der Waals surface area (Å²) in [6, 6.07) is 11.5. The molecule has 1 aromatic heterocycles. The van der Waals surface area contributed by atoms with Crippen LogP contribution in [0.3, 0.4) is 0 Å². The lowest BCUT2D eigenvalue weighted by molar-refractivity contribution is -0.133. The van der Waals surface area contributed by atoms with E-state index in [2.05, 4.69) is 0 Å². The van der Waals surface area contributed by atoms with E-state index in [0.717, 1.165) is 30.0 Å². The van der Waals surface area contributed by atoms with E-state index in [0.29, 0.717) is 25.4 Å². The number of fused-ring (bicyclic) bond motifs is 1. The number of ether oxygens (including phenoxy) is 2. The molecule has 2 aliphatic rings. The molecule has 1 aromatic carbocycles. The van der Waals surface area contributed by atoms with Crippen molar-refractivity contribution < 1.29 is 19.1 Å². The molecule has 2 aromatic rings. The third-order valence-corrected chi connectivity index (χ3v) is 6.21. The van der Waals surface area contributed by atoms with E-state index in [9.17, 15) is 9.59 Å². The number of carbonyl (C=O) groups is 2. The Kier molecular flexibility index (Phi) is 6.16. The quantitative estimate of drug-likeness (QED) is 0.696. The molecule has 2 amide bonds. The molecule has 1 saturated heterocycles. The van der Waals surface area contributed by atoms with Gasteiger partial charge < -0.3 is 19.3 Å². The van der Waals surface area contributed by atoms with Crippen molar-refractivity contribution in [2.45, 2.75) is 44.9 Å². The van der Waals surface area contributed by atoms with Crippen molar-refractivity contribution in [2.24, 2.45) is 0 Å². The minimum absolute atomic E-state index is 0.0401. The van der Waals surface area contributed by atoms with Gasteiger partial charge in [0.15, 0.2) is 6.10 Å². The van der Waals surface area contributed by atoms with Gasteiger partial charge in [0.1, 0.15) is 5.75 Å². The Bertz CT molecular complexity index is 848. The van der Waals surface area contributed by atoms with E-state index < -0.39 is 6.10 Å². The summed E-state index contributed by atoms with van der Waals surface area (Å²) in [5.74, 6) is 0.612. The molecule has 2 atom stereocenters. The van der Waals surface area contributed by atoms with E-state index in [1.54, 1.807) is 23.2 Å². The first-order chi connectivity index (χ1) is 14.1. The zero-order valence-electron chi connectivity index (χ0n) is 16.6. The topological polar surface area (TPSA) is 59.1 Å². The normalized spacial score (nSPS) is 21.0. The van der Waals surface area contributed by atoms with Crippen LogP contribution in [0.4, 0.5) is 5.69 Å². The van der Waals surface area contributed by atoms with Gasteiger partial charge >= 0.3 is 0 Å². The Hall–Kier alpha value is -2.38. The third kappa shape index (κ3) is 4.62. The second kappa shape index (κ2) is 8.97. The van der Waals surface area contributed by atoms with Crippen molar-refractivity contribution in [2.75, 3.05) is 24.6 Å². The Labute approximate surface area is 175 Å². The smallest absolute Gasteiger partial charge is 0.267 e. The molecule has 2 aliphatic heterocycles. The van der Waals surface area contributed by atoms with Gasteiger partial charge in [-0.05, 0) is 43.3 Å². The summed E-state index contributed by atoms with van der Waals surface area (Å²) < 4.78 is 11.4. The first kappa shape index (κ1) is 19.9. The molecule has 4 rings (SSSR count). The largest absolute Gasteiger partial charge is 0.479 e. The molecule has 154 valence electrons. The molecule has 3 heterocycles. The van der Waals surface area contributed by atoms with Crippen molar-refractivity contribution in [3.05, 3.63) is 46.7 Å². The second-order valence-corrected chi connectivity index (χ2v) is 8.49. The number of amides is 2. The highest BCUT2D eigenvalue weighted by Gasteiger charge is 2.32. The summed E-state index contributed by atoms with van der Waals surface area (Å²) in [6.45, 7) is 4.03. The van der Waals surface area contributed by atoms with Gasteiger partial charge in [0.2, 0.25) is 5.91 Å². The molecule has 0 unspecified atom stereocenters. The van der Waals surface area contributed by atoms with E-state index in [-0.39, 0.29) is 24.3 Å². The minimum atomic E-state index is -0.547. The SMILES string of the molecule is C[C@@H]1Oc2ccccc2N(CCC(=O)N(Cc2cccs2)C[C@H]2CCCO2)C1=O. The van der Waals surface area contributed by atoms with Crippen molar-refractivity contribution in [3.63, 3.8) is 0 Å². The molecular formula is C22H26N2O4S. The summed E-state index contributed by atoms with van der Waals surface area (Å²) >= 11 is 1.65. The lowest BCUT2D eigenvalue weighted by atomic mass is 10.1. The number of carbonyl (C=O) groups excluding carboxylic acids is 2. The predicted octanol–water partition coefficient (Wildman–Crippen LogP) is 3.46. The van der Waals surface area contributed by atoms with Gasteiger partial charge in [-0.15, -0.1) is 11.3 Å². The average molecular weight is 415 g/mol. The Morgan fingerprint density at radius 1 is 1.28 bits per heavy atom. The third-order valence-electron chi connectivity index (χ3n) is 5.35. The summed E-state index contributed by atoms with van der Waals surface area (Å²) in [6.07, 6.45) is 1.85. The standard InChI is InChI=1S/C22H26N2O4S/c1-16-22(26)24(19-8-2-3-9-20(19)28-16)11-10-21(25)23(14-17-6-4-12-27-17)15-18-7-5-13-29-18/h2-3,5,7-9,13,16-17H,4,6,10-12,14-15H2,1H3/t16-,17+/m0/s1. The molecule has 6 nitrogen and oxygen atoms in total. The highest BCUT2D eigenvalue weighted by molar-refractivity contribution is 7.09. The highest BCUT2D eigenvalue weighted by atomic mass is 32.1. The fourth-order valence-corrected chi connectivity index (χ4v) is 4.55. The van der Waals surface area contributed by atoms with Gasteiger partial charge in [-0.3, -0.25) is 9.59 Å². The van der Waals surface area contributed by atoms with Crippen molar-refractivity contribution in [3.8, 4) is 5.75 Å². The molecule has 29 heavy (non-hydrogen) atoms. The fraction of sp³-hybridized carbons (Fsp3) is 0.455. The van der Waals surface area contributed by atoms with Crippen LogP contribution >= 0.6 is 11.3 Å². The van der Waals surface area contributed by atoms with Crippen LogP contribution in [0.15, 0.2) is 41.8 Å². The number of rotatable bonds is 7. The fourth-order valence-electron chi connectivity index (χ4n) is 3.83. The number of hydrogen-bond donors (Lipinski definition) is 0. The molecular weight excluding hydrogens is 388 g/mol. The number of benzene rings is 1. The van der Waals surface area contributed by atoms with Crippen LogP contribution in [0.5, 0.6) is 5.75 Å². The number of thiophene rings is 1. The summed E-state index contributed by atoms with van der Waals surface area (Å²) in [5, 5.41) is 2.02. The van der Waals surface area contributed by atoms with Crippen LogP contribution < -0.4 is 9.64 Å². The van der Waals surface area contributed by atoms with E-state index in [4.69, 9.17) is 9.47 Å². The van der Waals surface area contributed by atoms with Crippen LogP contribution in [-0.4, -0.2) is 48.6 Å². The number of para-hydroxylation sites is 2. The van der Waals surface area contributed by atoms with Gasteiger partial charge in [0, 0.05) is 31.0 Å². The van der Waals surface area contributed by atoms with Crippen LogP contribution in [-0.2, 0) is 20.9 Å². The van der Waals surface area contributed by atoms with Crippen LogP contribution in [0.1, 0.15) is 31.1 Å². The van der Waals surface area contributed by atoms with Gasteiger partial charge in [-0.2, -0.15) is 0 Å². The van der Waals surface area contributed by atoms with E-state index in [1.165, 1.54) is 0 Å². The number of anilines is 1. The number of hydrogen-bond acceptors (Lipinski definition) is 5. The predicted molar refractivity (Wildman–Crippen MR) is 112 cm³/mol. The first-order valence-corrected chi connectivity index (χ1v) is 11.0. The van der Waals surface area contributed by atoms with Gasteiger partial charge in [0.25, 0.3) is 5.91 Å². The molecule has 0 aliphatic carbocycles. The zero-order valence-corrected chi connectivity index (χ0v) is 17.4. The maximum Gasteiger partial charge on any atom is 0.267 e. The van der Waals surface area contributed by atoms with Crippen LogP contribution in [0, 0.1) is 0 Å². The zero-order chi connectivity index (χ0) is 20.2. The number of nitrogens with zero attached hydrogens (tertiary/aromatic N) is 2. The molecule has 0 radical (unpaired) electrons. The molecule has 7 heteroatoms. The van der Waals surface area contributed by atoms with E-state index >= 15 is 0 Å². The highest BCUT2D eigenvalue weighted by Crippen LogP contribution is 2.33. The summed E-state index contributed by atoms with van der Waals surface area (Å²) in [7, 11) is 0. The molecule has 0 N–H and O–H groups in total. The molecule has 1 fully saturated rings. The van der Waals surface area contributed by atoms with Crippen molar-refractivity contribution in [1.82, 2.24) is 4.90 Å². The maximum absolute atomic E-state index is 13.1. The Morgan fingerprint density at radius 2 is 2.14 bits per heavy atom. The summed E-state index contributed by atoms with van der Waals surface area (Å²) in [5.41, 5.74) is 0.729. The first-order valence-electron chi connectivity index (χ1n) is 10.1. The second-order valence-electron chi connectivity index (χ2n) is 7.46. The average Bonchev–Trinajstić information content (AvgIpc) is 3.42. The van der Waals surface area contributed by atoms with Gasteiger partial charge in [0.05, 0.1) is 18.3 Å². The molecule has 0 spiro atoms. The Balaban J connectivity index is 1.45. The van der Waals surface area contributed by atoms with Crippen molar-refractivity contribution in [1.29, 1.82) is 0 Å². The van der Waals surface area contributed by atoms with Crippen LogP contribution in [0.25, 0.3) is 0 Å². The lowest BCUT2D eigenvalue weighted by Gasteiger charge is -2.33. The molecule has 0 saturated carbocycles. The Morgan fingerprint density at radius 3 is 2.90 bits per heavy atom. The summed E-state index contributed by atoms with van der Waals surface area (Å²) in [4.78, 5) is 30.5. The van der Waals surface area contributed by atoms with E-state index in [1.807, 2.05) is 46.7 Å². The van der Waals surface area contributed by atoms with Crippen LogP contribution in [0.2, 0.25) is 0 Å². The molecule has 0 bridgehead atoms. The maximum atomic E-state index is 13.1. The van der Waals surface area contributed by atoms with Gasteiger partial charge in [-0.1, -0.05) is 18.2 Å². The lowest BCUT2D eigenvalue weighted by Crippen LogP contribution is -2.46. The monoisotopic (exact) mass is 414 g/mol. The van der Waals surface area contributed by atoms with Gasteiger partial charge in [-0.25, -0.2) is 0 Å². The minimum Gasteiger partial charge on any atom is -0.479 e. The van der Waals surface area contributed by atoms with Crippen molar-refractivity contribution >= 4 is 28.8 Å².